The Morgan fingerprint density at radius 3 is 2.50 bits per heavy atom. The van der Waals surface area contributed by atoms with E-state index in [-0.39, 0.29) is 11.9 Å². The molecule has 0 saturated carbocycles. The van der Waals surface area contributed by atoms with Gasteiger partial charge in [0.25, 0.3) is 0 Å². The number of hydrogen-bond acceptors (Lipinski definition) is 3. The fourth-order valence-corrected chi connectivity index (χ4v) is 2.05. The molecule has 4 nitrogen and oxygen atoms in total. The lowest BCUT2D eigenvalue weighted by Crippen LogP contribution is -2.49. The van der Waals surface area contributed by atoms with Gasteiger partial charge >= 0.3 is 0 Å². The van der Waals surface area contributed by atoms with Gasteiger partial charge in [0, 0.05) is 26.3 Å². The molecule has 0 aromatic rings. The molecule has 0 aliphatic carbocycles. The summed E-state index contributed by atoms with van der Waals surface area (Å²) in [4.78, 5) is 11.7. The van der Waals surface area contributed by atoms with Crippen LogP contribution in [-0.4, -0.2) is 38.3 Å². The molecule has 1 unspecified atom stereocenters. The minimum Gasteiger partial charge on any atom is -0.381 e. The summed E-state index contributed by atoms with van der Waals surface area (Å²) < 4.78 is 5.31. The number of ether oxygens (including phenoxy) is 1. The Kier molecular flexibility index (Phi) is 5.77. The van der Waals surface area contributed by atoms with E-state index in [9.17, 15) is 4.79 Å². The Morgan fingerprint density at radius 1 is 1.38 bits per heavy atom. The summed E-state index contributed by atoms with van der Waals surface area (Å²) in [5.41, 5.74) is 0. The summed E-state index contributed by atoms with van der Waals surface area (Å²) in [5.74, 6) is 0.620. The van der Waals surface area contributed by atoms with Gasteiger partial charge in [0.1, 0.15) is 0 Å². The Hall–Kier alpha value is -0.610. The van der Waals surface area contributed by atoms with Crippen LogP contribution in [0.4, 0.5) is 0 Å². The molecular weight excluding hydrogens is 204 g/mol. The molecule has 1 saturated heterocycles. The molecule has 1 fully saturated rings. The van der Waals surface area contributed by atoms with Gasteiger partial charge in [-0.2, -0.15) is 0 Å². The van der Waals surface area contributed by atoms with E-state index in [1.165, 1.54) is 0 Å². The van der Waals surface area contributed by atoms with Crippen LogP contribution in [0.15, 0.2) is 0 Å². The number of carbonyl (C=O) groups excluding carboxylic acids is 1. The first-order valence-corrected chi connectivity index (χ1v) is 6.19. The quantitative estimate of drug-likeness (QED) is 0.735. The number of amides is 1. The maximum absolute atomic E-state index is 11.7. The van der Waals surface area contributed by atoms with Crippen LogP contribution < -0.4 is 10.6 Å². The molecule has 1 aliphatic heterocycles. The molecule has 2 N–H and O–H groups in total. The van der Waals surface area contributed by atoms with Crippen molar-refractivity contribution in [3.8, 4) is 0 Å². The van der Waals surface area contributed by atoms with Crippen molar-refractivity contribution in [1.82, 2.24) is 10.6 Å². The topological polar surface area (TPSA) is 50.4 Å². The number of carbonyl (C=O) groups is 1. The molecule has 1 amide bonds. The number of hydrogen-bond donors (Lipinski definition) is 2. The Balaban J connectivity index is 2.44. The molecule has 0 spiro atoms. The molecule has 1 rings (SSSR count). The van der Waals surface area contributed by atoms with Crippen molar-refractivity contribution < 1.29 is 9.53 Å². The van der Waals surface area contributed by atoms with Gasteiger partial charge < -0.3 is 15.4 Å². The fraction of sp³-hybridized carbons (Fsp3) is 0.917. The van der Waals surface area contributed by atoms with Gasteiger partial charge in [0.05, 0.1) is 6.04 Å². The highest BCUT2D eigenvalue weighted by Crippen LogP contribution is 2.11. The zero-order valence-corrected chi connectivity index (χ0v) is 10.6. The van der Waals surface area contributed by atoms with Gasteiger partial charge in [-0.05, 0) is 25.2 Å². The first-order chi connectivity index (χ1) is 7.63. The van der Waals surface area contributed by atoms with Gasteiger partial charge in [0.2, 0.25) is 5.91 Å². The van der Waals surface area contributed by atoms with E-state index in [4.69, 9.17) is 4.74 Å². The minimum absolute atomic E-state index is 0.0619. The summed E-state index contributed by atoms with van der Waals surface area (Å²) in [6.07, 6.45) is 2.90. The number of rotatable bonds is 5. The van der Waals surface area contributed by atoms with Crippen molar-refractivity contribution in [1.29, 1.82) is 0 Å². The molecule has 4 heteroatoms. The molecule has 0 aromatic carbocycles. The molecule has 1 atom stereocenters. The molecule has 0 radical (unpaired) electrons. The SMILES string of the molecule is CNC(=O)C(CC(C)C)NC1CCOCC1. The third kappa shape index (κ3) is 4.49. The van der Waals surface area contributed by atoms with Crippen molar-refractivity contribution >= 4 is 5.91 Å². The first kappa shape index (κ1) is 13.5. The molecule has 1 aliphatic rings. The van der Waals surface area contributed by atoms with Crippen molar-refractivity contribution in [2.75, 3.05) is 20.3 Å². The van der Waals surface area contributed by atoms with Gasteiger partial charge in [-0.15, -0.1) is 0 Å². The summed E-state index contributed by atoms with van der Waals surface area (Å²) in [5, 5.41) is 6.17. The fourth-order valence-electron chi connectivity index (χ4n) is 2.05. The van der Waals surface area contributed by atoms with E-state index in [0.717, 1.165) is 32.5 Å². The molecule has 1 heterocycles. The molecule has 0 bridgehead atoms. The zero-order valence-electron chi connectivity index (χ0n) is 10.6. The first-order valence-electron chi connectivity index (χ1n) is 6.19. The third-order valence-corrected chi connectivity index (χ3v) is 2.93. The predicted octanol–water partition coefficient (Wildman–Crippen LogP) is 0.916. The maximum Gasteiger partial charge on any atom is 0.236 e. The van der Waals surface area contributed by atoms with Crippen LogP contribution in [0.2, 0.25) is 0 Å². The summed E-state index contributed by atoms with van der Waals surface area (Å²) in [6, 6.07) is 0.364. The van der Waals surface area contributed by atoms with Crippen molar-refractivity contribution in [2.45, 2.75) is 45.2 Å². The van der Waals surface area contributed by atoms with E-state index in [2.05, 4.69) is 24.5 Å². The highest BCUT2D eigenvalue weighted by Gasteiger charge is 2.23. The largest absolute Gasteiger partial charge is 0.381 e. The maximum atomic E-state index is 11.7. The van der Waals surface area contributed by atoms with E-state index >= 15 is 0 Å². The highest BCUT2D eigenvalue weighted by atomic mass is 16.5. The van der Waals surface area contributed by atoms with Crippen LogP contribution in [0.25, 0.3) is 0 Å². The lowest BCUT2D eigenvalue weighted by molar-refractivity contribution is -0.123. The van der Waals surface area contributed by atoms with Crippen LogP contribution >= 0.6 is 0 Å². The molecule has 0 aromatic heterocycles. The van der Waals surface area contributed by atoms with E-state index < -0.39 is 0 Å². The third-order valence-electron chi connectivity index (χ3n) is 2.93. The van der Waals surface area contributed by atoms with Gasteiger partial charge in [-0.1, -0.05) is 13.8 Å². The molecule has 94 valence electrons. The van der Waals surface area contributed by atoms with Crippen molar-refractivity contribution in [2.24, 2.45) is 5.92 Å². The van der Waals surface area contributed by atoms with Crippen LogP contribution in [0, 0.1) is 5.92 Å². The Bertz CT molecular complexity index is 213. The summed E-state index contributed by atoms with van der Waals surface area (Å²) in [6.45, 7) is 5.89. The van der Waals surface area contributed by atoms with Crippen LogP contribution in [-0.2, 0) is 9.53 Å². The summed E-state index contributed by atoms with van der Waals surface area (Å²) in [7, 11) is 1.70. The molecule has 16 heavy (non-hydrogen) atoms. The van der Waals surface area contributed by atoms with Crippen LogP contribution in [0.5, 0.6) is 0 Å². The summed E-state index contributed by atoms with van der Waals surface area (Å²) >= 11 is 0. The second kappa shape index (κ2) is 6.86. The lowest BCUT2D eigenvalue weighted by Gasteiger charge is -2.28. The number of likely N-dealkylation sites (N-methyl/N-ethyl adjacent to an activating group) is 1. The van der Waals surface area contributed by atoms with Crippen LogP contribution in [0.3, 0.4) is 0 Å². The smallest absolute Gasteiger partial charge is 0.236 e. The minimum atomic E-state index is -0.0619. The van der Waals surface area contributed by atoms with Gasteiger partial charge in [-0.25, -0.2) is 0 Å². The second-order valence-electron chi connectivity index (χ2n) is 4.85. The predicted molar refractivity (Wildman–Crippen MR) is 64.3 cm³/mol. The van der Waals surface area contributed by atoms with E-state index in [1.54, 1.807) is 7.05 Å². The Labute approximate surface area is 98.1 Å². The molecular formula is C12H24N2O2. The number of nitrogens with one attached hydrogen (secondary N) is 2. The zero-order chi connectivity index (χ0) is 12.0. The van der Waals surface area contributed by atoms with Crippen molar-refractivity contribution in [3.63, 3.8) is 0 Å². The van der Waals surface area contributed by atoms with E-state index in [1.807, 2.05) is 0 Å². The average molecular weight is 228 g/mol. The highest BCUT2D eigenvalue weighted by molar-refractivity contribution is 5.81. The Morgan fingerprint density at radius 2 is 2.00 bits per heavy atom. The average Bonchev–Trinajstić information content (AvgIpc) is 2.28. The normalized spacial score (nSPS) is 19.8. The van der Waals surface area contributed by atoms with E-state index in [0.29, 0.717) is 12.0 Å². The second-order valence-corrected chi connectivity index (χ2v) is 4.85. The monoisotopic (exact) mass is 228 g/mol. The van der Waals surface area contributed by atoms with Crippen molar-refractivity contribution in [3.05, 3.63) is 0 Å². The lowest BCUT2D eigenvalue weighted by atomic mass is 10.0. The van der Waals surface area contributed by atoms with Gasteiger partial charge in [0.15, 0.2) is 0 Å². The van der Waals surface area contributed by atoms with Crippen LogP contribution in [0.1, 0.15) is 33.1 Å². The standard InChI is InChI=1S/C12H24N2O2/c1-9(2)8-11(12(15)13-3)14-10-4-6-16-7-5-10/h9-11,14H,4-8H2,1-3H3,(H,13,15). The van der Waals surface area contributed by atoms with Gasteiger partial charge in [-0.3, -0.25) is 4.79 Å².